The molecule has 20 heavy (non-hydrogen) atoms. The van der Waals surface area contributed by atoms with Gasteiger partial charge >= 0.3 is 0 Å². The van der Waals surface area contributed by atoms with E-state index in [1.54, 1.807) is 24.3 Å². The summed E-state index contributed by atoms with van der Waals surface area (Å²) in [4.78, 5) is 0. The molecule has 0 fully saturated rings. The summed E-state index contributed by atoms with van der Waals surface area (Å²) in [5, 5.41) is 4.95. The molecule has 2 rings (SSSR count). The van der Waals surface area contributed by atoms with Crippen molar-refractivity contribution in [2.24, 2.45) is 0 Å². The van der Waals surface area contributed by atoms with Gasteiger partial charge in [-0.1, -0.05) is 47.8 Å². The van der Waals surface area contributed by atoms with Crippen molar-refractivity contribution in [3.8, 4) is 11.5 Å². The molecule has 0 aliphatic rings. The molecule has 0 unspecified atom stereocenters. The highest BCUT2D eigenvalue weighted by Crippen LogP contribution is 2.30. The molecule has 2 aromatic rings. The third-order valence-electron chi connectivity index (χ3n) is 2.66. The molecule has 0 saturated heterocycles. The Morgan fingerprint density at radius 2 is 1.65 bits per heavy atom. The molecule has 0 atom stereocenters. The molecule has 0 aromatic heterocycles. The minimum absolute atomic E-state index is 0.530. The molecular formula is C15H14Cl3NO. The molecule has 0 bridgehead atoms. The van der Waals surface area contributed by atoms with Gasteiger partial charge in [-0.05, 0) is 42.4 Å². The summed E-state index contributed by atoms with van der Waals surface area (Å²) >= 11 is 18.1. The first-order valence-electron chi connectivity index (χ1n) is 6.21. The maximum atomic E-state index is 6.22. The normalized spacial score (nSPS) is 10.6. The third-order valence-corrected chi connectivity index (χ3v) is 3.45. The quantitative estimate of drug-likeness (QED) is 0.776. The Kier molecular flexibility index (Phi) is 5.55. The van der Waals surface area contributed by atoms with Crippen molar-refractivity contribution >= 4 is 34.8 Å². The maximum Gasteiger partial charge on any atom is 0.130 e. The summed E-state index contributed by atoms with van der Waals surface area (Å²) in [7, 11) is 0. The highest BCUT2D eigenvalue weighted by atomic mass is 35.5. The molecule has 2 nitrogen and oxygen atoms in total. The minimum atomic E-state index is 0.530. The van der Waals surface area contributed by atoms with Crippen molar-refractivity contribution in [3.63, 3.8) is 0 Å². The zero-order chi connectivity index (χ0) is 14.5. The second-order valence-electron chi connectivity index (χ2n) is 4.24. The summed E-state index contributed by atoms with van der Waals surface area (Å²) in [5.41, 5.74) is 1.03. The Balaban J connectivity index is 2.15. The Labute approximate surface area is 133 Å². The van der Waals surface area contributed by atoms with E-state index in [2.05, 4.69) is 5.32 Å². The van der Waals surface area contributed by atoms with Crippen molar-refractivity contribution in [3.05, 3.63) is 57.0 Å². The lowest BCUT2D eigenvalue weighted by atomic mass is 10.2. The van der Waals surface area contributed by atoms with Gasteiger partial charge in [-0.25, -0.2) is 0 Å². The van der Waals surface area contributed by atoms with E-state index in [4.69, 9.17) is 39.5 Å². The number of hydrogen-bond acceptors (Lipinski definition) is 2. The van der Waals surface area contributed by atoms with Gasteiger partial charge in [-0.2, -0.15) is 0 Å². The molecule has 0 amide bonds. The lowest BCUT2D eigenvalue weighted by Crippen LogP contribution is -2.11. The van der Waals surface area contributed by atoms with Crippen molar-refractivity contribution in [2.75, 3.05) is 6.54 Å². The van der Waals surface area contributed by atoms with Gasteiger partial charge in [0.1, 0.15) is 11.5 Å². The van der Waals surface area contributed by atoms with Crippen molar-refractivity contribution in [1.82, 2.24) is 5.32 Å². The largest absolute Gasteiger partial charge is 0.457 e. The predicted octanol–water partition coefficient (Wildman–Crippen LogP) is 5.55. The molecular weight excluding hydrogens is 317 g/mol. The molecule has 106 valence electrons. The fraction of sp³-hybridized carbons (Fsp3) is 0.200. The van der Waals surface area contributed by atoms with Gasteiger partial charge in [0.2, 0.25) is 0 Å². The van der Waals surface area contributed by atoms with Crippen LogP contribution in [0, 0.1) is 0 Å². The van der Waals surface area contributed by atoms with Crippen LogP contribution in [0.25, 0.3) is 0 Å². The molecule has 5 heteroatoms. The zero-order valence-electron chi connectivity index (χ0n) is 10.9. The Morgan fingerprint density at radius 1 is 0.950 bits per heavy atom. The van der Waals surface area contributed by atoms with Gasteiger partial charge in [-0.3, -0.25) is 0 Å². The maximum absolute atomic E-state index is 6.22. The SMILES string of the molecule is CCNCc1ccc(Oc2cc(Cl)cc(Cl)c2)cc1Cl. The van der Waals surface area contributed by atoms with E-state index in [0.29, 0.717) is 26.6 Å². The number of benzene rings is 2. The van der Waals surface area contributed by atoms with Crippen LogP contribution < -0.4 is 10.1 Å². The van der Waals surface area contributed by atoms with Gasteiger partial charge in [0, 0.05) is 21.6 Å². The third kappa shape index (κ3) is 4.29. The highest BCUT2D eigenvalue weighted by molar-refractivity contribution is 6.34. The van der Waals surface area contributed by atoms with E-state index < -0.39 is 0 Å². The van der Waals surface area contributed by atoms with Gasteiger partial charge in [-0.15, -0.1) is 0 Å². The lowest BCUT2D eigenvalue weighted by Gasteiger charge is -2.10. The molecule has 0 radical (unpaired) electrons. The van der Waals surface area contributed by atoms with Crippen molar-refractivity contribution in [1.29, 1.82) is 0 Å². The van der Waals surface area contributed by atoms with Crippen LogP contribution in [0.15, 0.2) is 36.4 Å². The topological polar surface area (TPSA) is 21.3 Å². The van der Waals surface area contributed by atoms with Gasteiger partial charge < -0.3 is 10.1 Å². The smallest absolute Gasteiger partial charge is 0.130 e. The first kappa shape index (κ1) is 15.5. The average Bonchev–Trinajstić information content (AvgIpc) is 2.36. The van der Waals surface area contributed by atoms with Crippen LogP contribution in [0.2, 0.25) is 15.1 Å². The van der Waals surface area contributed by atoms with Crippen LogP contribution in [0.3, 0.4) is 0 Å². The Hall–Kier alpha value is -0.930. The second-order valence-corrected chi connectivity index (χ2v) is 5.52. The first-order valence-corrected chi connectivity index (χ1v) is 7.35. The average molecular weight is 331 g/mol. The summed E-state index contributed by atoms with van der Waals surface area (Å²) in [5.74, 6) is 1.23. The zero-order valence-corrected chi connectivity index (χ0v) is 13.2. The van der Waals surface area contributed by atoms with E-state index in [1.807, 2.05) is 19.1 Å². The summed E-state index contributed by atoms with van der Waals surface area (Å²) in [6, 6.07) is 10.6. The summed E-state index contributed by atoms with van der Waals surface area (Å²) < 4.78 is 5.71. The summed E-state index contributed by atoms with van der Waals surface area (Å²) in [6.07, 6.45) is 0. The Bertz CT molecular complexity index is 581. The number of hydrogen-bond donors (Lipinski definition) is 1. The predicted molar refractivity (Wildman–Crippen MR) is 85.4 cm³/mol. The van der Waals surface area contributed by atoms with Gasteiger partial charge in [0.25, 0.3) is 0 Å². The monoisotopic (exact) mass is 329 g/mol. The number of nitrogens with one attached hydrogen (secondary N) is 1. The van der Waals surface area contributed by atoms with Crippen LogP contribution in [0.4, 0.5) is 0 Å². The van der Waals surface area contributed by atoms with E-state index in [1.165, 1.54) is 0 Å². The van der Waals surface area contributed by atoms with Crippen LogP contribution in [-0.2, 0) is 6.54 Å². The molecule has 2 aromatic carbocycles. The van der Waals surface area contributed by atoms with E-state index >= 15 is 0 Å². The second kappa shape index (κ2) is 7.19. The molecule has 1 N–H and O–H groups in total. The van der Waals surface area contributed by atoms with Crippen LogP contribution in [-0.4, -0.2) is 6.54 Å². The Morgan fingerprint density at radius 3 is 2.25 bits per heavy atom. The van der Waals surface area contributed by atoms with Crippen LogP contribution in [0.5, 0.6) is 11.5 Å². The van der Waals surface area contributed by atoms with Gasteiger partial charge in [0.05, 0.1) is 0 Å². The summed E-state index contributed by atoms with van der Waals surface area (Å²) in [6.45, 7) is 3.68. The van der Waals surface area contributed by atoms with Crippen molar-refractivity contribution < 1.29 is 4.74 Å². The van der Waals surface area contributed by atoms with Crippen LogP contribution in [0.1, 0.15) is 12.5 Å². The minimum Gasteiger partial charge on any atom is -0.457 e. The molecule has 0 saturated carbocycles. The highest BCUT2D eigenvalue weighted by Gasteiger charge is 2.05. The van der Waals surface area contributed by atoms with E-state index in [0.717, 1.165) is 18.7 Å². The van der Waals surface area contributed by atoms with Crippen molar-refractivity contribution in [2.45, 2.75) is 13.5 Å². The first-order chi connectivity index (χ1) is 9.58. The number of ether oxygens (including phenoxy) is 1. The molecule has 0 heterocycles. The fourth-order valence-corrected chi connectivity index (χ4v) is 2.46. The molecule has 0 spiro atoms. The standard InChI is InChI=1S/C15H14Cl3NO/c1-2-19-9-10-3-4-13(8-15(10)18)20-14-6-11(16)5-12(17)7-14/h3-8,19H,2,9H2,1H3. The fourth-order valence-electron chi connectivity index (χ4n) is 1.72. The van der Waals surface area contributed by atoms with Gasteiger partial charge in [0.15, 0.2) is 0 Å². The molecule has 0 aliphatic heterocycles. The van der Waals surface area contributed by atoms with E-state index in [9.17, 15) is 0 Å². The van der Waals surface area contributed by atoms with E-state index in [-0.39, 0.29) is 0 Å². The molecule has 0 aliphatic carbocycles. The lowest BCUT2D eigenvalue weighted by molar-refractivity contribution is 0.482. The number of rotatable bonds is 5. The van der Waals surface area contributed by atoms with Crippen LogP contribution >= 0.6 is 34.8 Å². The number of halogens is 3.